The number of likely N-dealkylation sites (N-methyl/N-ethyl adjacent to an activating group) is 1. The molecule has 0 unspecified atom stereocenters. The molecule has 1 aliphatic rings. The number of piperidine rings is 1. The van der Waals surface area contributed by atoms with Crippen LogP contribution in [0.2, 0.25) is 0 Å². The second-order valence-electron chi connectivity index (χ2n) is 7.50. The Hall–Kier alpha value is -2.73. The number of carbonyl (C=O) groups excluding carboxylic acids is 1. The summed E-state index contributed by atoms with van der Waals surface area (Å²) in [5.41, 5.74) is 3.21. The van der Waals surface area contributed by atoms with E-state index in [0.29, 0.717) is 23.7 Å². The van der Waals surface area contributed by atoms with E-state index in [2.05, 4.69) is 34.5 Å². The van der Waals surface area contributed by atoms with Crippen molar-refractivity contribution < 1.29 is 14.3 Å². The molecule has 0 saturated carbocycles. The molecule has 0 bridgehead atoms. The SMILES string of the molecule is COc1cc(NC(=O)CN(C)Cc2ccccc2N2CCCCC2)cc(OC)c1. The van der Waals surface area contributed by atoms with E-state index in [-0.39, 0.29) is 5.91 Å². The second kappa shape index (κ2) is 10.2. The van der Waals surface area contributed by atoms with Crippen molar-refractivity contribution in [3.05, 3.63) is 48.0 Å². The molecular formula is C23H31N3O3. The van der Waals surface area contributed by atoms with Crippen LogP contribution in [0.25, 0.3) is 0 Å². The van der Waals surface area contributed by atoms with Crippen molar-refractivity contribution in [2.45, 2.75) is 25.8 Å². The van der Waals surface area contributed by atoms with Gasteiger partial charge >= 0.3 is 0 Å². The number of hydrogen-bond donors (Lipinski definition) is 1. The fourth-order valence-electron chi connectivity index (χ4n) is 3.76. The van der Waals surface area contributed by atoms with Gasteiger partial charge in [-0.1, -0.05) is 18.2 Å². The number of carbonyl (C=O) groups is 1. The molecule has 0 atom stereocenters. The van der Waals surface area contributed by atoms with E-state index < -0.39 is 0 Å². The van der Waals surface area contributed by atoms with Gasteiger partial charge in [-0.05, 0) is 37.9 Å². The molecule has 0 spiro atoms. The summed E-state index contributed by atoms with van der Waals surface area (Å²) < 4.78 is 10.5. The molecule has 1 N–H and O–H groups in total. The van der Waals surface area contributed by atoms with E-state index in [9.17, 15) is 4.79 Å². The van der Waals surface area contributed by atoms with Crippen LogP contribution in [0.3, 0.4) is 0 Å². The summed E-state index contributed by atoms with van der Waals surface area (Å²) >= 11 is 0. The minimum absolute atomic E-state index is 0.0711. The summed E-state index contributed by atoms with van der Waals surface area (Å²) in [5.74, 6) is 1.21. The smallest absolute Gasteiger partial charge is 0.238 e. The van der Waals surface area contributed by atoms with Gasteiger partial charge in [-0.25, -0.2) is 0 Å². The van der Waals surface area contributed by atoms with E-state index in [1.165, 1.54) is 30.5 Å². The van der Waals surface area contributed by atoms with Crippen LogP contribution >= 0.6 is 0 Å². The van der Waals surface area contributed by atoms with E-state index in [1.54, 1.807) is 32.4 Å². The fraction of sp³-hybridized carbons (Fsp3) is 0.435. The number of para-hydroxylation sites is 1. The minimum Gasteiger partial charge on any atom is -0.497 e. The Kier molecular flexibility index (Phi) is 7.36. The Morgan fingerprint density at radius 1 is 1.03 bits per heavy atom. The maximum absolute atomic E-state index is 12.6. The number of methoxy groups -OCH3 is 2. The van der Waals surface area contributed by atoms with Crippen molar-refractivity contribution >= 4 is 17.3 Å². The first-order chi connectivity index (χ1) is 14.1. The highest BCUT2D eigenvalue weighted by atomic mass is 16.5. The zero-order chi connectivity index (χ0) is 20.6. The zero-order valence-electron chi connectivity index (χ0n) is 17.6. The van der Waals surface area contributed by atoms with Gasteiger partial charge in [0.2, 0.25) is 5.91 Å². The number of rotatable bonds is 8. The standard InChI is InChI=1S/C23H31N3O3/c1-25(16-18-9-5-6-10-22(18)26-11-7-4-8-12-26)17-23(27)24-19-13-20(28-2)15-21(14-19)29-3/h5-6,9-10,13-15H,4,7-8,11-12,16-17H2,1-3H3,(H,24,27). The van der Waals surface area contributed by atoms with E-state index in [0.717, 1.165) is 19.6 Å². The minimum atomic E-state index is -0.0711. The monoisotopic (exact) mass is 397 g/mol. The average Bonchev–Trinajstić information content (AvgIpc) is 2.74. The molecule has 29 heavy (non-hydrogen) atoms. The molecule has 0 aromatic heterocycles. The molecule has 1 aliphatic heterocycles. The van der Waals surface area contributed by atoms with Crippen molar-refractivity contribution in [2.24, 2.45) is 0 Å². The van der Waals surface area contributed by atoms with Crippen molar-refractivity contribution in [1.29, 1.82) is 0 Å². The summed E-state index contributed by atoms with van der Waals surface area (Å²) in [6.07, 6.45) is 3.81. The Bertz CT molecular complexity index is 797. The Morgan fingerprint density at radius 2 is 1.69 bits per heavy atom. The molecule has 1 amide bonds. The normalized spacial score (nSPS) is 14.0. The lowest BCUT2D eigenvalue weighted by Gasteiger charge is -2.31. The number of anilines is 2. The van der Waals surface area contributed by atoms with Crippen LogP contribution in [0.1, 0.15) is 24.8 Å². The van der Waals surface area contributed by atoms with Gasteiger partial charge in [0.1, 0.15) is 11.5 Å². The summed E-state index contributed by atoms with van der Waals surface area (Å²) in [6, 6.07) is 13.9. The highest BCUT2D eigenvalue weighted by Crippen LogP contribution is 2.26. The van der Waals surface area contributed by atoms with E-state index in [4.69, 9.17) is 9.47 Å². The van der Waals surface area contributed by atoms with Crippen molar-refractivity contribution in [1.82, 2.24) is 4.90 Å². The van der Waals surface area contributed by atoms with E-state index in [1.807, 2.05) is 11.9 Å². The van der Waals surface area contributed by atoms with Gasteiger partial charge in [-0.15, -0.1) is 0 Å². The number of nitrogens with one attached hydrogen (secondary N) is 1. The molecule has 1 saturated heterocycles. The lowest BCUT2D eigenvalue weighted by Crippen LogP contribution is -2.33. The maximum atomic E-state index is 12.6. The van der Waals surface area contributed by atoms with Crippen molar-refractivity contribution in [2.75, 3.05) is 51.1 Å². The van der Waals surface area contributed by atoms with Crippen molar-refractivity contribution in [3.63, 3.8) is 0 Å². The summed E-state index contributed by atoms with van der Waals surface area (Å²) in [4.78, 5) is 17.1. The number of amides is 1. The highest BCUT2D eigenvalue weighted by molar-refractivity contribution is 5.92. The van der Waals surface area contributed by atoms with Crippen LogP contribution in [0.4, 0.5) is 11.4 Å². The molecule has 2 aromatic carbocycles. The molecule has 6 nitrogen and oxygen atoms in total. The van der Waals surface area contributed by atoms with Crippen LogP contribution in [-0.4, -0.2) is 51.7 Å². The number of hydrogen-bond acceptors (Lipinski definition) is 5. The predicted molar refractivity (Wildman–Crippen MR) is 117 cm³/mol. The second-order valence-corrected chi connectivity index (χ2v) is 7.50. The number of benzene rings is 2. The van der Waals surface area contributed by atoms with Crippen LogP contribution in [0, 0.1) is 0 Å². The maximum Gasteiger partial charge on any atom is 0.238 e. The van der Waals surface area contributed by atoms with Crippen molar-refractivity contribution in [3.8, 4) is 11.5 Å². The molecular weight excluding hydrogens is 366 g/mol. The third kappa shape index (κ3) is 5.87. The quantitative estimate of drug-likeness (QED) is 0.735. The van der Waals surface area contributed by atoms with Gasteiger partial charge in [-0.2, -0.15) is 0 Å². The Balaban J connectivity index is 1.61. The van der Waals surface area contributed by atoms with E-state index >= 15 is 0 Å². The first-order valence-corrected chi connectivity index (χ1v) is 10.1. The summed E-state index contributed by atoms with van der Waals surface area (Å²) in [6.45, 7) is 3.24. The molecule has 6 heteroatoms. The highest BCUT2D eigenvalue weighted by Gasteiger charge is 2.16. The van der Waals surface area contributed by atoms with Crippen LogP contribution in [0.15, 0.2) is 42.5 Å². The molecule has 0 aliphatic carbocycles. The molecule has 156 valence electrons. The lowest BCUT2D eigenvalue weighted by atomic mass is 10.1. The van der Waals surface area contributed by atoms with Crippen LogP contribution in [-0.2, 0) is 11.3 Å². The number of nitrogens with zero attached hydrogens (tertiary/aromatic N) is 2. The number of ether oxygens (including phenoxy) is 2. The Labute approximate surface area is 173 Å². The van der Waals surface area contributed by atoms with Gasteiger partial charge in [-0.3, -0.25) is 9.69 Å². The molecule has 2 aromatic rings. The summed E-state index contributed by atoms with van der Waals surface area (Å²) in [5, 5.41) is 2.94. The van der Waals surface area contributed by atoms with Gasteiger partial charge in [0.15, 0.2) is 0 Å². The molecule has 1 fully saturated rings. The molecule has 0 radical (unpaired) electrons. The predicted octanol–water partition coefficient (Wildman–Crippen LogP) is 3.76. The first-order valence-electron chi connectivity index (χ1n) is 10.1. The summed E-state index contributed by atoms with van der Waals surface area (Å²) in [7, 11) is 5.15. The third-order valence-electron chi connectivity index (χ3n) is 5.18. The average molecular weight is 398 g/mol. The molecule has 1 heterocycles. The topological polar surface area (TPSA) is 54.0 Å². The first kappa shape index (κ1) is 21.0. The van der Waals surface area contributed by atoms with Gasteiger partial charge in [0.25, 0.3) is 0 Å². The van der Waals surface area contributed by atoms with Gasteiger partial charge < -0.3 is 19.7 Å². The van der Waals surface area contributed by atoms with Gasteiger partial charge in [0.05, 0.1) is 20.8 Å². The third-order valence-corrected chi connectivity index (χ3v) is 5.18. The van der Waals surface area contributed by atoms with Gasteiger partial charge in [0, 0.05) is 49.2 Å². The largest absolute Gasteiger partial charge is 0.497 e. The fourth-order valence-corrected chi connectivity index (χ4v) is 3.76. The van der Waals surface area contributed by atoms with Crippen LogP contribution in [0.5, 0.6) is 11.5 Å². The Morgan fingerprint density at radius 3 is 2.34 bits per heavy atom. The zero-order valence-corrected chi connectivity index (χ0v) is 17.6. The molecule has 3 rings (SSSR count). The van der Waals surface area contributed by atoms with Crippen LogP contribution < -0.4 is 19.7 Å². The lowest BCUT2D eigenvalue weighted by molar-refractivity contribution is -0.117.